The van der Waals surface area contributed by atoms with Crippen LogP contribution in [0, 0.1) is 0 Å². The number of rotatable bonds is 7. The van der Waals surface area contributed by atoms with E-state index in [-0.39, 0.29) is 5.91 Å². The number of carbonyl (C=O) groups excluding carboxylic acids is 1. The molecule has 0 bridgehead atoms. The van der Waals surface area contributed by atoms with Crippen LogP contribution in [0.5, 0.6) is 0 Å². The SMILES string of the molecule is O=C(/C=C/c1cnn(-c2ccccc2)c1)NCc1ccccc1C[NH+]1CCCCC1. The fraction of sp³-hybridized carbons (Fsp3) is 0.280. The monoisotopic (exact) mass is 401 g/mol. The molecule has 5 nitrogen and oxygen atoms in total. The zero-order valence-electron chi connectivity index (χ0n) is 17.3. The van der Waals surface area contributed by atoms with Crippen LogP contribution in [0.25, 0.3) is 11.8 Å². The first-order valence-electron chi connectivity index (χ1n) is 10.7. The predicted octanol–water partition coefficient (Wildman–Crippen LogP) is 2.77. The van der Waals surface area contributed by atoms with Crippen molar-refractivity contribution in [2.45, 2.75) is 32.4 Å². The summed E-state index contributed by atoms with van der Waals surface area (Å²) in [6, 6.07) is 18.4. The van der Waals surface area contributed by atoms with Crippen molar-refractivity contribution in [1.82, 2.24) is 15.1 Å². The number of hydrogen-bond acceptors (Lipinski definition) is 2. The summed E-state index contributed by atoms with van der Waals surface area (Å²) in [6.45, 7) is 4.09. The Morgan fingerprint density at radius 3 is 2.53 bits per heavy atom. The van der Waals surface area contributed by atoms with Crippen molar-refractivity contribution in [2.75, 3.05) is 13.1 Å². The molecule has 0 unspecified atom stereocenters. The van der Waals surface area contributed by atoms with Gasteiger partial charge in [0.15, 0.2) is 0 Å². The van der Waals surface area contributed by atoms with E-state index in [1.807, 2.05) is 42.6 Å². The molecule has 2 heterocycles. The van der Waals surface area contributed by atoms with Gasteiger partial charge in [-0.25, -0.2) is 4.68 Å². The third kappa shape index (κ3) is 5.45. The number of para-hydroxylation sites is 1. The number of nitrogens with zero attached hydrogens (tertiary/aromatic N) is 2. The molecule has 5 heteroatoms. The van der Waals surface area contributed by atoms with E-state index < -0.39 is 0 Å². The van der Waals surface area contributed by atoms with Crippen molar-refractivity contribution in [3.05, 3.63) is 89.8 Å². The summed E-state index contributed by atoms with van der Waals surface area (Å²) in [5.74, 6) is -0.0948. The van der Waals surface area contributed by atoms with Crippen LogP contribution < -0.4 is 10.2 Å². The summed E-state index contributed by atoms with van der Waals surface area (Å²) in [7, 11) is 0. The number of nitrogens with one attached hydrogen (secondary N) is 2. The number of benzene rings is 2. The Balaban J connectivity index is 1.32. The second-order valence-corrected chi connectivity index (χ2v) is 7.86. The highest BCUT2D eigenvalue weighted by Gasteiger charge is 2.15. The number of likely N-dealkylation sites (tertiary alicyclic amines) is 1. The van der Waals surface area contributed by atoms with Crippen LogP contribution >= 0.6 is 0 Å². The van der Waals surface area contributed by atoms with Crippen LogP contribution in [-0.4, -0.2) is 28.8 Å². The molecule has 4 rings (SSSR count). The number of carbonyl (C=O) groups is 1. The topological polar surface area (TPSA) is 51.4 Å². The minimum absolute atomic E-state index is 0.0948. The maximum Gasteiger partial charge on any atom is 0.244 e. The quantitative estimate of drug-likeness (QED) is 0.598. The lowest BCUT2D eigenvalue weighted by atomic mass is 10.0. The standard InChI is InChI=1S/C25H28N4O/c30-25(14-13-21-17-27-29(19-21)24-11-3-1-4-12-24)26-18-22-9-5-6-10-23(22)20-28-15-7-2-8-16-28/h1,3-6,9-14,17,19H,2,7-8,15-16,18,20H2,(H,26,30)/p+1/b14-13+. The molecule has 1 saturated heterocycles. The second kappa shape index (κ2) is 10.0. The first-order chi connectivity index (χ1) is 14.8. The Bertz CT molecular complexity index is 987. The molecule has 1 fully saturated rings. The number of amides is 1. The van der Waals surface area contributed by atoms with Crippen LogP contribution in [0.2, 0.25) is 0 Å². The maximum absolute atomic E-state index is 12.3. The molecule has 0 spiro atoms. The molecule has 2 aromatic carbocycles. The van der Waals surface area contributed by atoms with E-state index in [4.69, 9.17) is 0 Å². The summed E-state index contributed by atoms with van der Waals surface area (Å²) in [4.78, 5) is 14.0. The number of hydrogen-bond donors (Lipinski definition) is 2. The van der Waals surface area contributed by atoms with Gasteiger partial charge in [0.25, 0.3) is 0 Å². The van der Waals surface area contributed by atoms with Gasteiger partial charge in [-0.15, -0.1) is 0 Å². The van der Waals surface area contributed by atoms with Crippen LogP contribution in [-0.2, 0) is 17.9 Å². The van der Waals surface area contributed by atoms with E-state index in [2.05, 4.69) is 28.6 Å². The smallest absolute Gasteiger partial charge is 0.244 e. The number of quaternary nitrogens is 1. The molecule has 2 N–H and O–H groups in total. The highest BCUT2D eigenvalue weighted by Crippen LogP contribution is 2.10. The molecular formula is C25H29N4O+. The van der Waals surface area contributed by atoms with Gasteiger partial charge in [0.05, 0.1) is 25.0 Å². The molecule has 1 aromatic heterocycles. The second-order valence-electron chi connectivity index (χ2n) is 7.86. The molecule has 3 aromatic rings. The molecule has 1 amide bonds. The van der Waals surface area contributed by atoms with Gasteiger partial charge in [0.1, 0.15) is 6.54 Å². The molecule has 30 heavy (non-hydrogen) atoms. The van der Waals surface area contributed by atoms with Gasteiger partial charge in [-0.1, -0.05) is 42.5 Å². The lowest BCUT2D eigenvalue weighted by molar-refractivity contribution is -0.918. The Kier molecular flexibility index (Phi) is 6.72. The van der Waals surface area contributed by atoms with E-state index in [1.54, 1.807) is 27.9 Å². The van der Waals surface area contributed by atoms with Crippen LogP contribution in [0.15, 0.2) is 73.1 Å². The Morgan fingerprint density at radius 2 is 1.73 bits per heavy atom. The van der Waals surface area contributed by atoms with E-state index in [0.29, 0.717) is 6.54 Å². The third-order valence-electron chi connectivity index (χ3n) is 5.62. The van der Waals surface area contributed by atoms with Gasteiger partial charge in [-0.2, -0.15) is 5.10 Å². The third-order valence-corrected chi connectivity index (χ3v) is 5.62. The molecule has 0 atom stereocenters. The van der Waals surface area contributed by atoms with Crippen molar-refractivity contribution in [2.24, 2.45) is 0 Å². The molecule has 1 aliphatic rings. The van der Waals surface area contributed by atoms with Crippen molar-refractivity contribution in [1.29, 1.82) is 0 Å². The zero-order valence-corrected chi connectivity index (χ0v) is 17.3. The summed E-state index contributed by atoms with van der Waals surface area (Å²) >= 11 is 0. The maximum atomic E-state index is 12.3. The van der Waals surface area contributed by atoms with Gasteiger partial charge >= 0.3 is 0 Å². The molecule has 0 radical (unpaired) electrons. The summed E-state index contributed by atoms with van der Waals surface area (Å²) in [5.41, 5.74) is 4.43. The fourth-order valence-corrected chi connectivity index (χ4v) is 3.96. The first-order valence-corrected chi connectivity index (χ1v) is 10.7. The van der Waals surface area contributed by atoms with Crippen molar-refractivity contribution >= 4 is 12.0 Å². The lowest BCUT2D eigenvalue weighted by Gasteiger charge is -2.24. The van der Waals surface area contributed by atoms with Crippen molar-refractivity contribution in [3.63, 3.8) is 0 Å². The van der Waals surface area contributed by atoms with Gasteiger partial charge in [0.2, 0.25) is 5.91 Å². The summed E-state index contributed by atoms with van der Waals surface area (Å²) in [5, 5.41) is 7.38. The average molecular weight is 402 g/mol. The van der Waals surface area contributed by atoms with Crippen LogP contribution in [0.4, 0.5) is 0 Å². The zero-order chi connectivity index (χ0) is 20.6. The minimum atomic E-state index is -0.0948. The van der Waals surface area contributed by atoms with Crippen LogP contribution in [0.1, 0.15) is 36.0 Å². The predicted molar refractivity (Wildman–Crippen MR) is 119 cm³/mol. The molecule has 0 saturated carbocycles. The van der Waals surface area contributed by atoms with Gasteiger partial charge in [-0.3, -0.25) is 4.79 Å². The molecule has 0 aliphatic carbocycles. The normalized spacial score (nSPS) is 14.8. The lowest BCUT2D eigenvalue weighted by Crippen LogP contribution is -3.11. The van der Waals surface area contributed by atoms with Gasteiger partial charge < -0.3 is 10.2 Å². The summed E-state index contributed by atoms with van der Waals surface area (Å²) < 4.78 is 1.80. The highest BCUT2D eigenvalue weighted by atomic mass is 16.1. The van der Waals surface area contributed by atoms with E-state index in [1.165, 1.54) is 43.5 Å². The fourth-order valence-electron chi connectivity index (χ4n) is 3.96. The highest BCUT2D eigenvalue weighted by molar-refractivity contribution is 5.91. The number of aromatic nitrogens is 2. The van der Waals surface area contributed by atoms with E-state index in [0.717, 1.165) is 17.8 Å². The first kappa shape index (κ1) is 20.1. The molecular weight excluding hydrogens is 372 g/mol. The Morgan fingerprint density at radius 1 is 1.00 bits per heavy atom. The summed E-state index contributed by atoms with van der Waals surface area (Å²) in [6.07, 6.45) is 11.0. The molecule has 154 valence electrons. The Labute approximate surface area is 178 Å². The molecule has 1 aliphatic heterocycles. The Hall–Kier alpha value is -3.18. The van der Waals surface area contributed by atoms with Gasteiger partial charge in [-0.05, 0) is 43.0 Å². The number of piperidine rings is 1. The van der Waals surface area contributed by atoms with Gasteiger partial charge in [0, 0.05) is 29.9 Å². The van der Waals surface area contributed by atoms with E-state index in [9.17, 15) is 4.79 Å². The largest absolute Gasteiger partial charge is 0.348 e. The van der Waals surface area contributed by atoms with Crippen LogP contribution in [0.3, 0.4) is 0 Å². The van der Waals surface area contributed by atoms with Crippen molar-refractivity contribution < 1.29 is 9.69 Å². The van der Waals surface area contributed by atoms with Crippen molar-refractivity contribution in [3.8, 4) is 5.69 Å². The average Bonchev–Trinajstić information content (AvgIpc) is 3.28. The minimum Gasteiger partial charge on any atom is -0.348 e. The van der Waals surface area contributed by atoms with E-state index >= 15 is 0 Å².